The SMILES string of the molecule is CNC(=O)[C@H]1[C@@H]2C(=O)N(CCO)[C@H](C(=O)NC3CCCCC3)[C@H]2C=C[C@H]1C. The highest BCUT2D eigenvalue weighted by Crippen LogP contribution is 2.43. The summed E-state index contributed by atoms with van der Waals surface area (Å²) in [5.74, 6) is -2.01. The number of hydrogen-bond donors (Lipinski definition) is 3. The largest absolute Gasteiger partial charge is 0.395 e. The zero-order valence-electron chi connectivity index (χ0n) is 16.2. The van der Waals surface area contributed by atoms with Crippen molar-refractivity contribution in [2.45, 2.75) is 51.1 Å². The highest BCUT2D eigenvalue weighted by atomic mass is 16.3. The third-order valence-corrected chi connectivity index (χ3v) is 6.38. The molecule has 1 heterocycles. The second-order valence-electron chi connectivity index (χ2n) is 8.03. The van der Waals surface area contributed by atoms with Crippen molar-refractivity contribution in [1.82, 2.24) is 15.5 Å². The molecule has 3 rings (SSSR count). The fourth-order valence-electron chi connectivity index (χ4n) is 5.04. The molecule has 1 saturated carbocycles. The van der Waals surface area contributed by atoms with Gasteiger partial charge in [0, 0.05) is 25.6 Å². The number of nitrogens with zero attached hydrogens (tertiary/aromatic N) is 1. The van der Waals surface area contributed by atoms with Gasteiger partial charge in [-0.05, 0) is 18.8 Å². The lowest BCUT2D eigenvalue weighted by Gasteiger charge is -2.33. The van der Waals surface area contributed by atoms with E-state index in [0.29, 0.717) is 0 Å². The number of carbonyl (C=O) groups is 3. The van der Waals surface area contributed by atoms with Gasteiger partial charge in [-0.25, -0.2) is 0 Å². The average Bonchev–Trinajstić information content (AvgIpc) is 2.94. The fraction of sp³-hybridized carbons (Fsp3) is 0.750. The second-order valence-corrected chi connectivity index (χ2v) is 8.03. The molecule has 0 bridgehead atoms. The Bertz CT molecular complexity index is 614. The van der Waals surface area contributed by atoms with Crippen LogP contribution >= 0.6 is 0 Å². The van der Waals surface area contributed by atoms with Gasteiger partial charge in [-0.3, -0.25) is 14.4 Å². The standard InChI is InChI=1S/C20H31N3O4/c1-12-8-9-14-16(15(12)18(25)21-2)20(27)23(10-11-24)17(14)19(26)22-13-6-4-3-5-7-13/h8-9,12-17,24H,3-7,10-11H2,1-2H3,(H,21,25)(H,22,26)/t12-,14+,15-,16-,17+/m1/s1. The molecule has 1 aliphatic heterocycles. The summed E-state index contributed by atoms with van der Waals surface area (Å²) in [6, 6.07) is -0.509. The van der Waals surface area contributed by atoms with Crippen LogP contribution in [0.5, 0.6) is 0 Å². The Balaban J connectivity index is 1.87. The summed E-state index contributed by atoms with van der Waals surface area (Å²) in [5.41, 5.74) is 0. The molecule has 3 aliphatic rings. The molecule has 0 spiro atoms. The highest BCUT2D eigenvalue weighted by molar-refractivity contribution is 5.96. The van der Waals surface area contributed by atoms with Crippen molar-refractivity contribution < 1.29 is 19.5 Å². The minimum Gasteiger partial charge on any atom is -0.395 e. The van der Waals surface area contributed by atoms with Crippen molar-refractivity contribution in [3.63, 3.8) is 0 Å². The number of nitrogens with one attached hydrogen (secondary N) is 2. The van der Waals surface area contributed by atoms with Crippen molar-refractivity contribution in [1.29, 1.82) is 0 Å². The maximum atomic E-state index is 13.1. The molecule has 5 atom stereocenters. The van der Waals surface area contributed by atoms with Gasteiger partial charge < -0.3 is 20.6 Å². The molecule has 0 aromatic carbocycles. The first kappa shape index (κ1) is 19.9. The van der Waals surface area contributed by atoms with Gasteiger partial charge in [-0.2, -0.15) is 0 Å². The normalized spacial score (nSPS) is 33.7. The number of rotatable bonds is 5. The predicted octanol–water partition coefficient (Wildman–Crippen LogP) is 0.439. The van der Waals surface area contributed by atoms with Crippen molar-refractivity contribution in [2.75, 3.05) is 20.2 Å². The van der Waals surface area contributed by atoms with Crippen LogP contribution in [0, 0.1) is 23.7 Å². The van der Waals surface area contributed by atoms with Crippen LogP contribution in [0.4, 0.5) is 0 Å². The van der Waals surface area contributed by atoms with Crippen LogP contribution in [-0.4, -0.2) is 60.0 Å². The summed E-state index contributed by atoms with van der Waals surface area (Å²) in [6.07, 6.45) is 9.22. The quantitative estimate of drug-likeness (QED) is 0.606. The van der Waals surface area contributed by atoms with Crippen molar-refractivity contribution in [3.05, 3.63) is 12.2 Å². The van der Waals surface area contributed by atoms with Crippen LogP contribution in [0.2, 0.25) is 0 Å². The Kier molecular flexibility index (Phi) is 6.19. The Morgan fingerprint density at radius 2 is 1.89 bits per heavy atom. The third kappa shape index (κ3) is 3.74. The van der Waals surface area contributed by atoms with Gasteiger partial charge in [0.25, 0.3) is 0 Å². The molecule has 0 unspecified atom stereocenters. The van der Waals surface area contributed by atoms with Crippen LogP contribution < -0.4 is 10.6 Å². The van der Waals surface area contributed by atoms with Crippen molar-refractivity contribution >= 4 is 17.7 Å². The number of carbonyl (C=O) groups excluding carboxylic acids is 3. The Morgan fingerprint density at radius 3 is 2.52 bits per heavy atom. The zero-order chi connectivity index (χ0) is 19.6. The summed E-state index contributed by atoms with van der Waals surface area (Å²) < 4.78 is 0. The molecule has 2 fully saturated rings. The van der Waals surface area contributed by atoms with Gasteiger partial charge >= 0.3 is 0 Å². The molecule has 27 heavy (non-hydrogen) atoms. The van der Waals surface area contributed by atoms with E-state index in [1.807, 2.05) is 19.1 Å². The van der Waals surface area contributed by atoms with Crippen LogP contribution in [-0.2, 0) is 14.4 Å². The van der Waals surface area contributed by atoms with Crippen molar-refractivity contribution in [2.24, 2.45) is 23.7 Å². The molecule has 2 aliphatic carbocycles. The van der Waals surface area contributed by atoms with Crippen LogP contribution in [0.3, 0.4) is 0 Å². The van der Waals surface area contributed by atoms with Crippen LogP contribution in [0.25, 0.3) is 0 Å². The molecule has 3 amide bonds. The summed E-state index contributed by atoms with van der Waals surface area (Å²) in [5, 5.41) is 15.2. The van der Waals surface area contributed by atoms with E-state index >= 15 is 0 Å². The number of hydrogen-bond acceptors (Lipinski definition) is 4. The summed E-state index contributed by atoms with van der Waals surface area (Å²) in [6.45, 7) is 1.82. The smallest absolute Gasteiger partial charge is 0.243 e. The van der Waals surface area contributed by atoms with E-state index in [1.54, 1.807) is 7.05 Å². The summed E-state index contributed by atoms with van der Waals surface area (Å²) >= 11 is 0. The van der Waals surface area contributed by atoms with E-state index in [1.165, 1.54) is 11.3 Å². The number of likely N-dealkylation sites (tertiary alicyclic amines) is 1. The van der Waals surface area contributed by atoms with E-state index < -0.39 is 17.9 Å². The Morgan fingerprint density at radius 1 is 1.19 bits per heavy atom. The summed E-state index contributed by atoms with van der Waals surface area (Å²) in [7, 11) is 1.57. The van der Waals surface area contributed by atoms with Crippen LogP contribution in [0.1, 0.15) is 39.0 Å². The topological polar surface area (TPSA) is 98.7 Å². The number of amides is 3. The monoisotopic (exact) mass is 377 g/mol. The lowest BCUT2D eigenvalue weighted by molar-refractivity contribution is -0.141. The molecule has 0 aromatic heterocycles. The first-order valence-electron chi connectivity index (χ1n) is 10.1. The van der Waals surface area contributed by atoms with Gasteiger partial charge in [0.2, 0.25) is 17.7 Å². The number of aliphatic hydroxyl groups is 1. The van der Waals surface area contributed by atoms with E-state index in [4.69, 9.17) is 0 Å². The van der Waals surface area contributed by atoms with Gasteiger partial charge in [-0.1, -0.05) is 38.3 Å². The lowest BCUT2D eigenvalue weighted by Crippen LogP contribution is -2.51. The molecular formula is C20H31N3O4. The zero-order valence-corrected chi connectivity index (χ0v) is 16.2. The minimum atomic E-state index is -0.660. The lowest BCUT2D eigenvalue weighted by atomic mass is 9.70. The first-order chi connectivity index (χ1) is 13.0. The Hall–Kier alpha value is -1.89. The maximum absolute atomic E-state index is 13.1. The molecule has 1 saturated heterocycles. The molecule has 0 aromatic rings. The number of fused-ring (bicyclic) bond motifs is 1. The maximum Gasteiger partial charge on any atom is 0.243 e. The number of aliphatic hydroxyl groups excluding tert-OH is 1. The first-order valence-corrected chi connectivity index (χ1v) is 10.1. The van der Waals surface area contributed by atoms with Gasteiger partial charge in [0.15, 0.2) is 0 Å². The summed E-state index contributed by atoms with van der Waals surface area (Å²) in [4.78, 5) is 40.2. The van der Waals surface area contributed by atoms with Gasteiger partial charge in [-0.15, -0.1) is 0 Å². The van der Waals surface area contributed by atoms with E-state index in [0.717, 1.165) is 25.7 Å². The molecule has 0 radical (unpaired) electrons. The van der Waals surface area contributed by atoms with Gasteiger partial charge in [0.05, 0.1) is 18.4 Å². The van der Waals surface area contributed by atoms with E-state index in [-0.39, 0.29) is 48.8 Å². The van der Waals surface area contributed by atoms with E-state index in [9.17, 15) is 19.5 Å². The molecule has 7 heteroatoms. The second kappa shape index (κ2) is 8.42. The predicted molar refractivity (Wildman–Crippen MR) is 100 cm³/mol. The highest BCUT2D eigenvalue weighted by Gasteiger charge is 2.56. The molecule has 150 valence electrons. The average molecular weight is 377 g/mol. The fourth-order valence-corrected chi connectivity index (χ4v) is 5.04. The number of β-amino-alcohol motifs (C(OH)–C–C–N with tert-alkyl or cyclic N) is 1. The van der Waals surface area contributed by atoms with E-state index in [2.05, 4.69) is 10.6 Å². The minimum absolute atomic E-state index is 0.0775. The number of allylic oxidation sites excluding steroid dienone is 1. The third-order valence-electron chi connectivity index (χ3n) is 6.38. The molecule has 3 N–H and O–H groups in total. The molecular weight excluding hydrogens is 346 g/mol. The van der Waals surface area contributed by atoms with Gasteiger partial charge in [0.1, 0.15) is 6.04 Å². The van der Waals surface area contributed by atoms with Crippen LogP contribution in [0.15, 0.2) is 12.2 Å². The van der Waals surface area contributed by atoms with Crippen molar-refractivity contribution in [3.8, 4) is 0 Å². The Labute approximate surface area is 160 Å². The molecule has 7 nitrogen and oxygen atoms in total.